The second-order valence-corrected chi connectivity index (χ2v) is 5.90. The van der Waals surface area contributed by atoms with Crippen molar-refractivity contribution in [2.75, 3.05) is 19.4 Å². The van der Waals surface area contributed by atoms with Crippen LogP contribution in [0.2, 0.25) is 0 Å². The van der Waals surface area contributed by atoms with Gasteiger partial charge in [0.1, 0.15) is 0 Å². The van der Waals surface area contributed by atoms with Crippen LogP contribution in [0.4, 0.5) is 5.69 Å². The molecule has 1 N–H and O–H groups in total. The minimum absolute atomic E-state index is 0.0200. The Labute approximate surface area is 123 Å². The Bertz CT molecular complexity index is 575. The summed E-state index contributed by atoms with van der Waals surface area (Å²) in [4.78, 5) is 18.9. The molecule has 0 unspecified atom stereocenters. The standard InChI is InChI=1S/C15H19N3OS/c1-4-14-17-10-13(20-14)9-16-12-7-5-11(6-8-12)15(19)18(2)3/h5-8,10,16H,4,9H2,1-3H3. The molecule has 1 amide bonds. The van der Waals surface area contributed by atoms with E-state index in [1.54, 1.807) is 30.3 Å². The average Bonchev–Trinajstić information content (AvgIpc) is 2.93. The van der Waals surface area contributed by atoms with Gasteiger partial charge in [0.15, 0.2) is 0 Å². The fourth-order valence-corrected chi connectivity index (χ4v) is 2.57. The number of hydrogen-bond acceptors (Lipinski definition) is 4. The maximum atomic E-state index is 11.8. The van der Waals surface area contributed by atoms with Gasteiger partial charge in [0.25, 0.3) is 5.91 Å². The molecule has 2 aromatic rings. The van der Waals surface area contributed by atoms with Crippen LogP contribution in [0.5, 0.6) is 0 Å². The molecule has 0 saturated carbocycles. The third-order valence-corrected chi connectivity index (χ3v) is 4.05. The van der Waals surface area contributed by atoms with Gasteiger partial charge >= 0.3 is 0 Å². The van der Waals surface area contributed by atoms with Crippen molar-refractivity contribution in [2.45, 2.75) is 19.9 Å². The molecule has 0 bridgehead atoms. The van der Waals surface area contributed by atoms with Crippen LogP contribution >= 0.6 is 11.3 Å². The SMILES string of the molecule is CCc1ncc(CNc2ccc(C(=O)N(C)C)cc2)s1. The molecule has 0 aliphatic rings. The Kier molecular flexibility index (Phi) is 4.74. The normalized spacial score (nSPS) is 10.3. The second-order valence-electron chi connectivity index (χ2n) is 4.70. The maximum absolute atomic E-state index is 11.8. The predicted molar refractivity (Wildman–Crippen MR) is 83.3 cm³/mol. The molecule has 2 rings (SSSR count). The van der Waals surface area contributed by atoms with E-state index in [-0.39, 0.29) is 5.91 Å². The summed E-state index contributed by atoms with van der Waals surface area (Å²) in [6.45, 7) is 2.87. The van der Waals surface area contributed by atoms with Crippen LogP contribution in [0.1, 0.15) is 27.2 Å². The molecule has 0 fully saturated rings. The summed E-state index contributed by atoms with van der Waals surface area (Å²) in [6.07, 6.45) is 2.90. The van der Waals surface area contributed by atoms with Crippen LogP contribution in [0.15, 0.2) is 30.5 Å². The summed E-state index contributed by atoms with van der Waals surface area (Å²) in [5.74, 6) is 0.0200. The lowest BCUT2D eigenvalue weighted by atomic mass is 10.2. The van der Waals surface area contributed by atoms with Gasteiger partial charge in [-0.1, -0.05) is 6.92 Å². The molecule has 0 saturated heterocycles. The number of anilines is 1. The number of amides is 1. The summed E-state index contributed by atoms with van der Waals surface area (Å²) >= 11 is 1.73. The highest BCUT2D eigenvalue weighted by Crippen LogP contribution is 2.16. The topological polar surface area (TPSA) is 45.2 Å². The Morgan fingerprint density at radius 3 is 2.55 bits per heavy atom. The molecule has 0 radical (unpaired) electrons. The van der Waals surface area contributed by atoms with Crippen molar-refractivity contribution in [1.82, 2.24) is 9.88 Å². The zero-order valence-electron chi connectivity index (χ0n) is 12.0. The van der Waals surface area contributed by atoms with Crippen LogP contribution in [0.3, 0.4) is 0 Å². The number of aryl methyl sites for hydroxylation is 1. The molecule has 0 spiro atoms. The van der Waals surface area contributed by atoms with E-state index in [9.17, 15) is 4.79 Å². The third-order valence-electron chi connectivity index (χ3n) is 2.91. The van der Waals surface area contributed by atoms with Gasteiger partial charge < -0.3 is 10.2 Å². The molecule has 1 aromatic carbocycles. The Balaban J connectivity index is 1.95. The van der Waals surface area contributed by atoms with Gasteiger partial charge in [0.2, 0.25) is 0 Å². The second kappa shape index (κ2) is 6.52. The van der Waals surface area contributed by atoms with Gasteiger partial charge in [0, 0.05) is 36.4 Å². The highest BCUT2D eigenvalue weighted by atomic mass is 32.1. The first-order valence-electron chi connectivity index (χ1n) is 6.59. The van der Waals surface area contributed by atoms with E-state index in [1.807, 2.05) is 30.5 Å². The molecule has 1 heterocycles. The van der Waals surface area contributed by atoms with Crippen LogP contribution in [0.25, 0.3) is 0 Å². The summed E-state index contributed by atoms with van der Waals surface area (Å²) in [6, 6.07) is 7.54. The first-order valence-corrected chi connectivity index (χ1v) is 7.41. The minimum Gasteiger partial charge on any atom is -0.380 e. The summed E-state index contributed by atoms with van der Waals surface area (Å²) in [5.41, 5.74) is 1.71. The first kappa shape index (κ1) is 14.5. The largest absolute Gasteiger partial charge is 0.380 e. The van der Waals surface area contributed by atoms with Gasteiger partial charge in [-0.3, -0.25) is 4.79 Å². The Morgan fingerprint density at radius 1 is 1.30 bits per heavy atom. The average molecular weight is 289 g/mol. The number of aromatic nitrogens is 1. The predicted octanol–water partition coefficient (Wildman–Crippen LogP) is 3.02. The van der Waals surface area contributed by atoms with Crippen molar-refractivity contribution in [3.8, 4) is 0 Å². The number of nitrogens with zero attached hydrogens (tertiary/aromatic N) is 2. The maximum Gasteiger partial charge on any atom is 0.253 e. The first-order chi connectivity index (χ1) is 9.60. The van der Waals surface area contributed by atoms with E-state index >= 15 is 0 Å². The minimum atomic E-state index is 0.0200. The van der Waals surface area contributed by atoms with Crippen molar-refractivity contribution in [3.63, 3.8) is 0 Å². The van der Waals surface area contributed by atoms with Gasteiger partial charge in [-0.05, 0) is 30.7 Å². The molecule has 0 aliphatic heterocycles. The van der Waals surface area contributed by atoms with Crippen LogP contribution in [0, 0.1) is 0 Å². The van der Waals surface area contributed by atoms with Gasteiger partial charge in [-0.2, -0.15) is 0 Å². The fraction of sp³-hybridized carbons (Fsp3) is 0.333. The summed E-state index contributed by atoms with van der Waals surface area (Å²) in [7, 11) is 3.51. The van der Waals surface area contributed by atoms with E-state index < -0.39 is 0 Å². The summed E-state index contributed by atoms with van der Waals surface area (Å²) in [5, 5.41) is 4.50. The van der Waals surface area contributed by atoms with Crippen molar-refractivity contribution in [1.29, 1.82) is 0 Å². The lowest BCUT2D eigenvalue weighted by molar-refractivity contribution is 0.0827. The lowest BCUT2D eigenvalue weighted by Gasteiger charge is -2.11. The zero-order chi connectivity index (χ0) is 14.5. The smallest absolute Gasteiger partial charge is 0.253 e. The van der Waals surface area contributed by atoms with Gasteiger partial charge in [-0.25, -0.2) is 4.98 Å². The molecule has 4 nitrogen and oxygen atoms in total. The number of hydrogen-bond donors (Lipinski definition) is 1. The van der Waals surface area contributed by atoms with E-state index in [1.165, 1.54) is 4.88 Å². The molecule has 1 aromatic heterocycles. The number of carbonyl (C=O) groups excluding carboxylic acids is 1. The Hall–Kier alpha value is -1.88. The van der Waals surface area contributed by atoms with Gasteiger partial charge in [0.05, 0.1) is 11.6 Å². The number of thiazole rings is 1. The van der Waals surface area contributed by atoms with Gasteiger partial charge in [-0.15, -0.1) is 11.3 Å². The fourth-order valence-electron chi connectivity index (χ4n) is 1.77. The van der Waals surface area contributed by atoms with Crippen LogP contribution in [-0.2, 0) is 13.0 Å². The van der Waals surface area contributed by atoms with Crippen LogP contribution < -0.4 is 5.32 Å². The number of nitrogens with one attached hydrogen (secondary N) is 1. The zero-order valence-corrected chi connectivity index (χ0v) is 12.8. The summed E-state index contributed by atoms with van der Waals surface area (Å²) < 4.78 is 0. The highest BCUT2D eigenvalue weighted by Gasteiger charge is 2.07. The Morgan fingerprint density at radius 2 is 2.00 bits per heavy atom. The number of benzene rings is 1. The molecule has 5 heteroatoms. The van der Waals surface area contributed by atoms with E-state index in [0.717, 1.165) is 23.7 Å². The monoisotopic (exact) mass is 289 g/mol. The van der Waals surface area contributed by atoms with Crippen molar-refractivity contribution < 1.29 is 4.79 Å². The molecule has 0 atom stereocenters. The van der Waals surface area contributed by atoms with Crippen LogP contribution in [-0.4, -0.2) is 29.9 Å². The quantitative estimate of drug-likeness (QED) is 0.920. The third kappa shape index (κ3) is 3.57. The molecular weight excluding hydrogens is 270 g/mol. The molecule has 20 heavy (non-hydrogen) atoms. The molecule has 0 aliphatic carbocycles. The highest BCUT2D eigenvalue weighted by molar-refractivity contribution is 7.11. The van der Waals surface area contributed by atoms with Crippen molar-refractivity contribution >= 4 is 22.9 Å². The molecule has 106 valence electrons. The number of carbonyl (C=O) groups is 1. The molecular formula is C15H19N3OS. The lowest BCUT2D eigenvalue weighted by Crippen LogP contribution is -2.21. The van der Waals surface area contributed by atoms with Crippen molar-refractivity contribution in [3.05, 3.63) is 45.9 Å². The van der Waals surface area contributed by atoms with Crippen molar-refractivity contribution in [2.24, 2.45) is 0 Å². The van der Waals surface area contributed by atoms with E-state index in [4.69, 9.17) is 0 Å². The number of rotatable bonds is 5. The van der Waals surface area contributed by atoms with E-state index in [0.29, 0.717) is 5.56 Å². The van der Waals surface area contributed by atoms with E-state index in [2.05, 4.69) is 17.2 Å².